The third-order valence-electron chi connectivity index (χ3n) is 7.88. The lowest BCUT2D eigenvalue weighted by Crippen LogP contribution is -2.59. The Labute approximate surface area is 208 Å². The third-order valence-corrected chi connectivity index (χ3v) is 7.88. The molecule has 186 valence electrons. The van der Waals surface area contributed by atoms with Gasteiger partial charge in [-0.05, 0) is 60.6 Å². The van der Waals surface area contributed by atoms with Gasteiger partial charge in [-0.15, -0.1) is 0 Å². The Kier molecular flexibility index (Phi) is 7.23. The van der Waals surface area contributed by atoms with Crippen LogP contribution in [0.2, 0.25) is 0 Å². The largest absolute Gasteiger partial charge is 0.497 e. The van der Waals surface area contributed by atoms with Gasteiger partial charge in [0.1, 0.15) is 5.75 Å². The van der Waals surface area contributed by atoms with E-state index in [1.807, 2.05) is 29.2 Å². The predicted octanol–water partition coefficient (Wildman–Crippen LogP) is 3.99. The van der Waals surface area contributed by atoms with E-state index in [4.69, 9.17) is 4.74 Å². The van der Waals surface area contributed by atoms with Gasteiger partial charge in [-0.25, -0.2) is 4.79 Å². The number of piperazine rings is 1. The van der Waals surface area contributed by atoms with Crippen LogP contribution in [-0.2, 0) is 17.8 Å². The van der Waals surface area contributed by atoms with Crippen molar-refractivity contribution in [2.24, 2.45) is 5.92 Å². The molecule has 0 aromatic heterocycles. The number of nitrogens with one attached hydrogen (secondary N) is 1. The number of amides is 3. The van der Waals surface area contributed by atoms with E-state index in [9.17, 15) is 9.59 Å². The van der Waals surface area contributed by atoms with Crippen molar-refractivity contribution in [3.63, 3.8) is 0 Å². The van der Waals surface area contributed by atoms with Crippen molar-refractivity contribution >= 4 is 17.6 Å². The molecule has 2 aliphatic heterocycles. The molecule has 0 unspecified atom stereocenters. The molecule has 0 spiro atoms. The summed E-state index contributed by atoms with van der Waals surface area (Å²) in [5.41, 5.74) is 3.39. The number of fused-ring (bicyclic) bond motifs is 1. The molecule has 7 heteroatoms. The summed E-state index contributed by atoms with van der Waals surface area (Å²) in [6.45, 7) is 4.22. The summed E-state index contributed by atoms with van der Waals surface area (Å²) in [5.74, 6) is 1.46. The third kappa shape index (κ3) is 5.30. The highest BCUT2D eigenvalue weighted by molar-refractivity contribution is 5.89. The van der Waals surface area contributed by atoms with Crippen LogP contribution in [0.5, 0.6) is 5.75 Å². The molecule has 3 aliphatic rings. The van der Waals surface area contributed by atoms with E-state index in [0.29, 0.717) is 25.6 Å². The van der Waals surface area contributed by atoms with Gasteiger partial charge in [-0.3, -0.25) is 9.69 Å². The molecule has 1 aliphatic carbocycles. The quantitative estimate of drug-likeness (QED) is 0.709. The van der Waals surface area contributed by atoms with Crippen LogP contribution in [0.1, 0.15) is 36.8 Å². The maximum absolute atomic E-state index is 13.9. The van der Waals surface area contributed by atoms with Crippen LogP contribution in [0.4, 0.5) is 10.5 Å². The second-order valence-corrected chi connectivity index (χ2v) is 9.95. The molecule has 2 fully saturated rings. The Morgan fingerprint density at radius 3 is 2.26 bits per heavy atom. The molecule has 1 saturated heterocycles. The van der Waals surface area contributed by atoms with Crippen LogP contribution in [0.25, 0.3) is 0 Å². The number of nitrogens with zero attached hydrogens (tertiary/aromatic N) is 3. The predicted molar refractivity (Wildman–Crippen MR) is 136 cm³/mol. The molecule has 5 rings (SSSR count). The number of carbonyl (C=O) groups excluding carboxylic acids is 2. The summed E-state index contributed by atoms with van der Waals surface area (Å²) >= 11 is 0. The fourth-order valence-corrected chi connectivity index (χ4v) is 5.88. The van der Waals surface area contributed by atoms with Crippen LogP contribution < -0.4 is 10.1 Å². The van der Waals surface area contributed by atoms with Crippen molar-refractivity contribution < 1.29 is 14.3 Å². The zero-order valence-electron chi connectivity index (χ0n) is 20.6. The minimum absolute atomic E-state index is 0.0745. The summed E-state index contributed by atoms with van der Waals surface area (Å²) < 4.78 is 5.19. The highest BCUT2D eigenvalue weighted by atomic mass is 16.5. The average Bonchev–Trinajstić information content (AvgIpc) is 3.43. The van der Waals surface area contributed by atoms with Crippen LogP contribution >= 0.6 is 0 Å². The average molecular weight is 477 g/mol. The minimum atomic E-state index is -0.0915. The number of methoxy groups -OCH3 is 1. The second kappa shape index (κ2) is 10.7. The maximum Gasteiger partial charge on any atom is 0.321 e. The topological polar surface area (TPSA) is 65.1 Å². The standard InChI is InChI=1S/C28H36N4O3/c1-35-25-12-10-24(11-13-25)29-28(34)31-18-16-30(17-19-31)26(22-7-3-4-8-22)27(33)32-15-14-21-6-2-5-9-23(21)20-32/h2,5-6,9-13,22,26H,3-4,7-8,14-20H2,1H3,(H,29,34)/t26-/m1/s1. The summed E-state index contributed by atoms with van der Waals surface area (Å²) in [5, 5.41) is 2.98. The number of anilines is 1. The van der Waals surface area contributed by atoms with Crippen molar-refractivity contribution in [1.82, 2.24) is 14.7 Å². The SMILES string of the molecule is COc1ccc(NC(=O)N2CCN([C@@H](C(=O)N3CCc4ccccc4C3)C3CCCC3)CC2)cc1. The van der Waals surface area contributed by atoms with E-state index in [0.717, 1.165) is 50.3 Å². The van der Waals surface area contributed by atoms with Gasteiger partial charge in [0.05, 0.1) is 13.2 Å². The highest BCUT2D eigenvalue weighted by Gasteiger charge is 2.39. The molecule has 2 aromatic carbocycles. The fourth-order valence-electron chi connectivity index (χ4n) is 5.88. The minimum Gasteiger partial charge on any atom is -0.497 e. The van der Waals surface area contributed by atoms with Gasteiger partial charge in [-0.1, -0.05) is 37.1 Å². The van der Waals surface area contributed by atoms with Gasteiger partial charge in [0.25, 0.3) is 0 Å². The van der Waals surface area contributed by atoms with Crippen molar-refractivity contribution in [3.8, 4) is 5.75 Å². The Morgan fingerprint density at radius 2 is 1.57 bits per heavy atom. The molecule has 7 nitrogen and oxygen atoms in total. The molecule has 2 aromatic rings. The molecule has 0 bridgehead atoms. The second-order valence-electron chi connectivity index (χ2n) is 9.95. The lowest BCUT2D eigenvalue weighted by atomic mass is 9.92. The van der Waals surface area contributed by atoms with E-state index in [1.165, 1.54) is 24.0 Å². The normalized spacial score (nSPS) is 19.8. The number of ether oxygens (including phenoxy) is 1. The van der Waals surface area contributed by atoms with Crippen molar-refractivity contribution in [2.45, 2.75) is 44.7 Å². The lowest BCUT2D eigenvalue weighted by molar-refractivity contribution is -0.141. The van der Waals surface area contributed by atoms with Gasteiger partial charge in [0.2, 0.25) is 5.91 Å². The van der Waals surface area contributed by atoms with Crippen LogP contribution in [0.15, 0.2) is 48.5 Å². The first kappa shape index (κ1) is 23.7. The first-order valence-corrected chi connectivity index (χ1v) is 12.9. The molecule has 0 radical (unpaired) electrons. The highest BCUT2D eigenvalue weighted by Crippen LogP contribution is 2.33. The number of hydrogen-bond acceptors (Lipinski definition) is 4. The Morgan fingerprint density at radius 1 is 0.886 bits per heavy atom. The van der Waals surface area contributed by atoms with Crippen LogP contribution in [0.3, 0.4) is 0 Å². The van der Waals surface area contributed by atoms with Gasteiger partial charge in [0.15, 0.2) is 0 Å². The molecule has 1 saturated carbocycles. The Bertz CT molecular complexity index is 1030. The van der Waals surface area contributed by atoms with Gasteiger partial charge >= 0.3 is 6.03 Å². The Balaban J connectivity index is 1.22. The Hall–Kier alpha value is -3.06. The monoisotopic (exact) mass is 476 g/mol. The molecule has 35 heavy (non-hydrogen) atoms. The number of hydrogen-bond donors (Lipinski definition) is 1. The van der Waals surface area contributed by atoms with Gasteiger partial charge < -0.3 is 19.9 Å². The van der Waals surface area contributed by atoms with Crippen LogP contribution in [0, 0.1) is 5.92 Å². The number of rotatable bonds is 5. The number of carbonyl (C=O) groups is 2. The van der Waals surface area contributed by atoms with Gasteiger partial charge in [0, 0.05) is 45.0 Å². The summed E-state index contributed by atoms with van der Waals surface area (Å²) in [6, 6.07) is 15.7. The van der Waals surface area contributed by atoms with E-state index >= 15 is 0 Å². The summed E-state index contributed by atoms with van der Waals surface area (Å²) in [4.78, 5) is 33.0. The van der Waals surface area contributed by atoms with E-state index in [-0.39, 0.29) is 18.0 Å². The molecule has 1 atom stereocenters. The van der Waals surface area contributed by atoms with Crippen molar-refractivity contribution in [3.05, 3.63) is 59.7 Å². The summed E-state index contributed by atoms with van der Waals surface area (Å²) in [6.07, 6.45) is 5.60. The first-order chi connectivity index (χ1) is 17.1. The fraction of sp³-hybridized carbons (Fsp3) is 0.500. The van der Waals surface area contributed by atoms with Crippen molar-refractivity contribution in [2.75, 3.05) is 45.2 Å². The molecule has 2 heterocycles. The van der Waals surface area contributed by atoms with Gasteiger partial charge in [-0.2, -0.15) is 0 Å². The van der Waals surface area contributed by atoms with Crippen LogP contribution in [-0.4, -0.2) is 72.5 Å². The molecular weight excluding hydrogens is 440 g/mol. The van der Waals surface area contributed by atoms with E-state index in [1.54, 1.807) is 7.11 Å². The summed E-state index contributed by atoms with van der Waals surface area (Å²) in [7, 11) is 1.63. The van der Waals surface area contributed by atoms with Crippen molar-refractivity contribution in [1.29, 1.82) is 0 Å². The molecular formula is C28H36N4O3. The lowest BCUT2D eigenvalue weighted by Gasteiger charge is -2.43. The smallest absolute Gasteiger partial charge is 0.321 e. The number of benzene rings is 2. The van der Waals surface area contributed by atoms with E-state index in [2.05, 4.69) is 39.4 Å². The molecule has 1 N–H and O–H groups in total. The first-order valence-electron chi connectivity index (χ1n) is 12.9. The zero-order chi connectivity index (χ0) is 24.2. The molecule has 3 amide bonds. The van der Waals surface area contributed by atoms with E-state index < -0.39 is 0 Å². The zero-order valence-corrected chi connectivity index (χ0v) is 20.6. The number of urea groups is 1. The maximum atomic E-state index is 13.9.